The maximum Gasteiger partial charge on any atom is 0.245 e. The van der Waals surface area contributed by atoms with Crippen LogP contribution >= 0.6 is 0 Å². The van der Waals surface area contributed by atoms with Crippen LogP contribution in [0.4, 0.5) is 5.69 Å². The highest BCUT2D eigenvalue weighted by Gasteiger charge is 2.22. The number of carbonyl (C=O) groups is 1. The summed E-state index contributed by atoms with van der Waals surface area (Å²) in [6.45, 7) is 0. The van der Waals surface area contributed by atoms with Crippen LogP contribution in [0.3, 0.4) is 0 Å². The van der Waals surface area contributed by atoms with E-state index < -0.39 is 10.0 Å². The van der Waals surface area contributed by atoms with Crippen molar-refractivity contribution < 1.29 is 18.3 Å². The zero-order valence-electron chi connectivity index (χ0n) is 10.5. The number of benzene rings is 2. The number of carbonyl (C=O) groups excluding carboxylic acids is 1. The highest BCUT2D eigenvalue weighted by atomic mass is 32.2. The lowest BCUT2D eigenvalue weighted by Gasteiger charge is -2.17. The minimum absolute atomic E-state index is 0.107. The Balaban J connectivity index is 2.33. The first-order valence-electron chi connectivity index (χ1n) is 5.83. The summed E-state index contributed by atoms with van der Waals surface area (Å²) in [6.07, 6.45) is 0.229. The van der Waals surface area contributed by atoms with Gasteiger partial charge >= 0.3 is 0 Å². The van der Waals surface area contributed by atoms with Crippen LogP contribution in [0.2, 0.25) is 0 Å². The van der Waals surface area contributed by atoms with Crippen molar-refractivity contribution in [2.45, 2.75) is 5.75 Å². The summed E-state index contributed by atoms with van der Waals surface area (Å²) in [7, 11) is -3.84. The Morgan fingerprint density at radius 2 is 1.75 bits per heavy atom. The largest absolute Gasteiger partial charge is 0.508 e. The molecular formula is C14H13NO4S. The number of anilines is 1. The summed E-state index contributed by atoms with van der Waals surface area (Å²) in [6, 6.07) is 14.1. The normalized spacial score (nSPS) is 11.0. The number of rotatable bonds is 5. The fourth-order valence-electron chi connectivity index (χ4n) is 1.77. The molecule has 1 N–H and O–H groups in total. The second-order valence-electron chi connectivity index (χ2n) is 4.16. The Morgan fingerprint density at radius 1 is 1.05 bits per heavy atom. The highest BCUT2D eigenvalue weighted by Crippen LogP contribution is 2.23. The van der Waals surface area contributed by atoms with Gasteiger partial charge in [-0.25, -0.2) is 12.7 Å². The predicted octanol–water partition coefficient (Wildman–Crippen LogP) is 1.89. The SMILES string of the molecule is O=CN(c1cccc(O)c1)S(=O)(=O)Cc1ccccc1. The summed E-state index contributed by atoms with van der Waals surface area (Å²) in [5, 5.41) is 9.38. The van der Waals surface area contributed by atoms with Crippen LogP contribution in [0.15, 0.2) is 54.6 Å². The number of phenols is 1. The molecule has 2 aromatic carbocycles. The average molecular weight is 291 g/mol. The molecule has 0 radical (unpaired) electrons. The molecule has 0 unspecified atom stereocenters. The lowest BCUT2D eigenvalue weighted by atomic mass is 10.2. The lowest BCUT2D eigenvalue weighted by molar-refractivity contribution is -0.106. The minimum Gasteiger partial charge on any atom is -0.508 e. The van der Waals surface area contributed by atoms with Crippen molar-refractivity contribution in [2.24, 2.45) is 0 Å². The summed E-state index contributed by atoms with van der Waals surface area (Å²) in [4.78, 5) is 11.1. The van der Waals surface area contributed by atoms with Crippen molar-refractivity contribution in [2.75, 3.05) is 4.31 Å². The molecule has 5 nitrogen and oxygen atoms in total. The quantitative estimate of drug-likeness (QED) is 0.854. The summed E-state index contributed by atoms with van der Waals surface area (Å²) >= 11 is 0. The first-order valence-corrected chi connectivity index (χ1v) is 7.44. The van der Waals surface area contributed by atoms with Crippen LogP contribution < -0.4 is 4.31 Å². The second kappa shape index (κ2) is 5.75. The van der Waals surface area contributed by atoms with Crippen molar-refractivity contribution in [3.05, 3.63) is 60.2 Å². The number of sulfonamides is 1. The summed E-state index contributed by atoms with van der Waals surface area (Å²) in [5.74, 6) is -0.397. The maximum absolute atomic E-state index is 12.3. The number of phenolic OH excluding ortho intramolecular Hbond substituents is 1. The molecule has 0 saturated carbocycles. The van der Waals surface area contributed by atoms with Gasteiger partial charge in [-0.15, -0.1) is 0 Å². The Morgan fingerprint density at radius 3 is 2.35 bits per heavy atom. The average Bonchev–Trinajstić information content (AvgIpc) is 2.39. The molecule has 0 heterocycles. The molecule has 0 spiro atoms. The van der Waals surface area contributed by atoms with Gasteiger partial charge in [0, 0.05) is 6.07 Å². The smallest absolute Gasteiger partial charge is 0.245 e. The fraction of sp³-hybridized carbons (Fsp3) is 0.0714. The molecule has 6 heteroatoms. The number of hydrogen-bond donors (Lipinski definition) is 1. The van der Waals surface area contributed by atoms with Gasteiger partial charge in [0.15, 0.2) is 0 Å². The van der Waals surface area contributed by atoms with Crippen LogP contribution in [-0.2, 0) is 20.6 Å². The molecule has 0 aliphatic heterocycles. The molecule has 2 rings (SSSR count). The fourth-order valence-corrected chi connectivity index (χ4v) is 3.09. The molecule has 0 atom stereocenters. The first kappa shape index (κ1) is 14.1. The topological polar surface area (TPSA) is 74.7 Å². The zero-order valence-corrected chi connectivity index (χ0v) is 11.3. The monoisotopic (exact) mass is 291 g/mol. The third-order valence-corrected chi connectivity index (χ3v) is 4.27. The lowest BCUT2D eigenvalue weighted by Crippen LogP contribution is -2.30. The van der Waals surface area contributed by atoms with Crippen LogP contribution in [0.5, 0.6) is 5.75 Å². The van der Waals surface area contributed by atoms with Gasteiger partial charge < -0.3 is 5.11 Å². The zero-order chi connectivity index (χ0) is 14.6. The molecule has 2 aromatic rings. The van der Waals surface area contributed by atoms with Crippen LogP contribution in [0.25, 0.3) is 0 Å². The van der Waals surface area contributed by atoms with E-state index in [1.165, 1.54) is 24.3 Å². The molecule has 104 valence electrons. The van der Waals surface area contributed by atoms with E-state index in [1.54, 1.807) is 30.3 Å². The van der Waals surface area contributed by atoms with E-state index in [1.807, 2.05) is 0 Å². The summed E-state index contributed by atoms with van der Waals surface area (Å²) < 4.78 is 25.1. The van der Waals surface area contributed by atoms with Crippen molar-refractivity contribution in [3.8, 4) is 5.75 Å². The molecule has 0 saturated heterocycles. The third kappa shape index (κ3) is 3.16. The van der Waals surface area contributed by atoms with E-state index in [2.05, 4.69) is 0 Å². The van der Waals surface area contributed by atoms with E-state index in [4.69, 9.17) is 0 Å². The molecule has 20 heavy (non-hydrogen) atoms. The highest BCUT2D eigenvalue weighted by molar-refractivity contribution is 7.92. The molecule has 0 fully saturated rings. The number of nitrogens with zero attached hydrogens (tertiary/aromatic N) is 1. The van der Waals surface area contributed by atoms with Gasteiger partial charge in [0.2, 0.25) is 16.4 Å². The number of aromatic hydroxyl groups is 1. The van der Waals surface area contributed by atoms with Crippen LogP contribution in [0.1, 0.15) is 5.56 Å². The second-order valence-corrected chi connectivity index (χ2v) is 6.01. The van der Waals surface area contributed by atoms with Crippen molar-refractivity contribution in [1.29, 1.82) is 0 Å². The van der Waals surface area contributed by atoms with E-state index in [0.717, 1.165) is 0 Å². The summed E-state index contributed by atoms with van der Waals surface area (Å²) in [5.41, 5.74) is 0.690. The minimum atomic E-state index is -3.84. The van der Waals surface area contributed by atoms with Crippen LogP contribution in [0, 0.1) is 0 Å². The molecule has 0 aromatic heterocycles. The molecular weight excluding hydrogens is 278 g/mol. The van der Waals surface area contributed by atoms with E-state index >= 15 is 0 Å². The van der Waals surface area contributed by atoms with Crippen molar-refractivity contribution in [1.82, 2.24) is 0 Å². The number of amides is 1. The molecule has 0 aliphatic carbocycles. The van der Waals surface area contributed by atoms with E-state index in [9.17, 15) is 18.3 Å². The predicted molar refractivity (Wildman–Crippen MR) is 75.7 cm³/mol. The Hall–Kier alpha value is -2.34. The first-order chi connectivity index (χ1) is 9.53. The third-order valence-electron chi connectivity index (χ3n) is 2.67. The molecule has 1 amide bonds. The Kier molecular flexibility index (Phi) is 4.05. The van der Waals surface area contributed by atoms with Crippen molar-refractivity contribution in [3.63, 3.8) is 0 Å². The van der Waals surface area contributed by atoms with Gasteiger partial charge in [0.25, 0.3) is 0 Å². The van der Waals surface area contributed by atoms with Gasteiger partial charge in [-0.2, -0.15) is 0 Å². The van der Waals surface area contributed by atoms with Gasteiger partial charge in [0.05, 0.1) is 11.4 Å². The standard InChI is InChI=1S/C14H13NO4S/c16-11-15(13-7-4-8-14(17)9-13)20(18,19)10-12-5-2-1-3-6-12/h1-9,11,17H,10H2. The van der Waals surface area contributed by atoms with E-state index in [0.29, 0.717) is 9.87 Å². The van der Waals surface area contributed by atoms with Gasteiger partial charge in [-0.1, -0.05) is 36.4 Å². The van der Waals surface area contributed by atoms with Crippen LogP contribution in [-0.4, -0.2) is 19.9 Å². The van der Waals surface area contributed by atoms with Crippen molar-refractivity contribution >= 4 is 22.1 Å². The molecule has 0 bridgehead atoms. The maximum atomic E-state index is 12.3. The van der Waals surface area contributed by atoms with Gasteiger partial charge in [-0.05, 0) is 17.7 Å². The Bertz CT molecular complexity index is 698. The Labute approximate surface area is 117 Å². The van der Waals surface area contributed by atoms with Gasteiger partial charge in [-0.3, -0.25) is 4.79 Å². The van der Waals surface area contributed by atoms with Gasteiger partial charge in [0.1, 0.15) is 5.75 Å². The number of hydrogen-bond acceptors (Lipinski definition) is 4. The van der Waals surface area contributed by atoms with E-state index in [-0.39, 0.29) is 23.6 Å². The molecule has 0 aliphatic rings.